The third-order valence-corrected chi connectivity index (χ3v) is 10.0. The predicted octanol–water partition coefficient (Wildman–Crippen LogP) is 2.25. The first-order valence-electron chi connectivity index (χ1n) is 7.54. The van der Waals surface area contributed by atoms with Crippen molar-refractivity contribution >= 4 is 26.1 Å². The number of urea groups is 1. The second-order valence-electron chi connectivity index (χ2n) is 7.15. The van der Waals surface area contributed by atoms with Crippen molar-refractivity contribution in [1.82, 2.24) is 10.2 Å². The zero-order chi connectivity index (χ0) is 16.5. The average molecular weight is 346 g/mol. The number of carbonyl (C=O) groups excluding carboxylic acids is 1. The van der Waals surface area contributed by atoms with Gasteiger partial charge in [0.15, 0.2) is 8.32 Å². The molecule has 0 aromatic heterocycles. The molecule has 1 fully saturated rings. The zero-order valence-electron chi connectivity index (χ0n) is 14.0. The number of hydrogen-bond acceptors (Lipinski definition) is 5. The number of carbonyl (C=O) groups is 1. The maximum absolute atomic E-state index is 11.9. The number of nitrogens with zero attached hydrogens (tertiary/aromatic N) is 1. The topological polar surface area (TPSA) is 76.8 Å². The van der Waals surface area contributed by atoms with E-state index >= 15 is 0 Å². The minimum absolute atomic E-state index is 0.0316. The van der Waals surface area contributed by atoms with E-state index in [1.807, 2.05) is 0 Å². The monoisotopic (exact) mass is 345 g/mol. The molecule has 22 heavy (non-hydrogen) atoms. The Balaban J connectivity index is 1.86. The molecule has 0 spiro atoms. The summed E-state index contributed by atoms with van der Waals surface area (Å²) in [5, 5.41) is 2.84. The summed E-state index contributed by atoms with van der Waals surface area (Å²) in [6.07, 6.45) is 2.76. The first-order valence-corrected chi connectivity index (χ1v) is 11.5. The van der Waals surface area contributed by atoms with Gasteiger partial charge in [-0.3, -0.25) is 4.90 Å². The van der Waals surface area contributed by atoms with E-state index in [0.717, 1.165) is 5.75 Å². The predicted molar refractivity (Wildman–Crippen MR) is 91.8 cm³/mol. The molecule has 0 aliphatic carbocycles. The van der Waals surface area contributed by atoms with Crippen molar-refractivity contribution in [2.45, 2.75) is 56.7 Å². The summed E-state index contributed by atoms with van der Waals surface area (Å²) < 4.78 is 12.1. The fraction of sp³-hybridized carbons (Fsp3) is 0.786. The highest BCUT2D eigenvalue weighted by atomic mass is 32.2. The van der Waals surface area contributed by atoms with Crippen LogP contribution < -0.4 is 11.1 Å². The van der Waals surface area contributed by atoms with Crippen molar-refractivity contribution in [3.05, 3.63) is 12.3 Å². The van der Waals surface area contributed by atoms with Gasteiger partial charge in [-0.05, 0) is 24.2 Å². The molecule has 2 rings (SSSR count). The standard InChI is InChI=1S/C14H27N3O3SSi/c1-14(2,3)22(4,5)19-8-12-20-11(9-21-12)17-7-6-10(15)16-13(17)18/h6-7,10-12H,8-9,15H2,1-5H3,(H,16,18). The Hall–Kier alpha value is -0.543. The van der Waals surface area contributed by atoms with Crippen LogP contribution in [0.3, 0.4) is 0 Å². The van der Waals surface area contributed by atoms with Gasteiger partial charge >= 0.3 is 6.03 Å². The minimum Gasteiger partial charge on any atom is -0.413 e. The second kappa shape index (κ2) is 6.52. The van der Waals surface area contributed by atoms with Gasteiger partial charge in [-0.2, -0.15) is 0 Å². The highest BCUT2D eigenvalue weighted by Crippen LogP contribution is 2.38. The van der Waals surface area contributed by atoms with E-state index in [1.54, 1.807) is 28.9 Å². The van der Waals surface area contributed by atoms with Crippen LogP contribution in [0.25, 0.3) is 0 Å². The maximum Gasteiger partial charge on any atom is 0.325 e. The highest BCUT2D eigenvalue weighted by molar-refractivity contribution is 8.00. The van der Waals surface area contributed by atoms with Gasteiger partial charge in [0.25, 0.3) is 0 Å². The smallest absolute Gasteiger partial charge is 0.325 e. The molecule has 0 radical (unpaired) electrons. The van der Waals surface area contributed by atoms with Crippen LogP contribution >= 0.6 is 11.8 Å². The lowest BCUT2D eigenvalue weighted by molar-refractivity contribution is -0.0201. The fourth-order valence-electron chi connectivity index (χ4n) is 1.91. The molecule has 3 unspecified atom stereocenters. The Morgan fingerprint density at radius 1 is 1.55 bits per heavy atom. The number of ether oxygens (including phenoxy) is 1. The van der Waals surface area contributed by atoms with E-state index in [0.29, 0.717) is 6.61 Å². The summed E-state index contributed by atoms with van der Waals surface area (Å²) in [6, 6.07) is -0.216. The van der Waals surface area contributed by atoms with E-state index in [1.165, 1.54) is 0 Å². The van der Waals surface area contributed by atoms with Crippen LogP contribution in [0.15, 0.2) is 12.3 Å². The molecule has 8 heteroatoms. The van der Waals surface area contributed by atoms with E-state index in [-0.39, 0.29) is 22.7 Å². The Morgan fingerprint density at radius 3 is 2.82 bits per heavy atom. The van der Waals surface area contributed by atoms with Gasteiger partial charge in [0.1, 0.15) is 11.7 Å². The molecule has 3 N–H and O–H groups in total. The molecule has 2 aliphatic heterocycles. The number of thioether (sulfide) groups is 1. The van der Waals surface area contributed by atoms with E-state index in [2.05, 4.69) is 39.2 Å². The molecular weight excluding hydrogens is 318 g/mol. The molecule has 0 bridgehead atoms. The van der Waals surface area contributed by atoms with Gasteiger partial charge in [0, 0.05) is 12.0 Å². The lowest BCUT2D eigenvalue weighted by Gasteiger charge is -2.36. The maximum atomic E-state index is 11.9. The summed E-state index contributed by atoms with van der Waals surface area (Å²) in [5.41, 5.74) is 5.61. The van der Waals surface area contributed by atoms with Crippen LogP contribution in [-0.4, -0.2) is 49.4 Å². The Labute approximate surface area is 137 Å². The van der Waals surface area contributed by atoms with Gasteiger partial charge < -0.3 is 20.2 Å². The molecule has 0 saturated carbocycles. The summed E-state index contributed by atoms with van der Waals surface area (Å²) in [7, 11) is -1.77. The quantitative estimate of drug-likeness (QED) is 0.764. The molecule has 0 aromatic carbocycles. The van der Waals surface area contributed by atoms with Gasteiger partial charge in [0.05, 0.1) is 12.8 Å². The molecule has 0 aromatic rings. The molecule has 3 atom stereocenters. The SMILES string of the molecule is CC(C)(C)[Si](C)(C)OCC1OC(N2C=CC(N)NC2=O)CS1. The molecular formula is C14H27N3O3SSi. The van der Waals surface area contributed by atoms with Crippen molar-refractivity contribution in [2.24, 2.45) is 5.73 Å². The van der Waals surface area contributed by atoms with Crippen molar-refractivity contribution < 1.29 is 14.0 Å². The molecule has 2 amide bonds. The van der Waals surface area contributed by atoms with E-state index in [9.17, 15) is 4.79 Å². The minimum atomic E-state index is -1.77. The average Bonchev–Trinajstić information content (AvgIpc) is 2.83. The number of rotatable bonds is 4. The lowest BCUT2D eigenvalue weighted by Crippen LogP contribution is -2.53. The zero-order valence-corrected chi connectivity index (χ0v) is 15.8. The van der Waals surface area contributed by atoms with Crippen LogP contribution in [0.4, 0.5) is 4.79 Å². The number of hydrogen-bond donors (Lipinski definition) is 2. The second-order valence-corrected chi connectivity index (χ2v) is 13.2. The van der Waals surface area contributed by atoms with Crippen LogP contribution in [0.2, 0.25) is 18.1 Å². The van der Waals surface area contributed by atoms with Crippen LogP contribution in [0.5, 0.6) is 0 Å². The van der Waals surface area contributed by atoms with Crippen LogP contribution in [0.1, 0.15) is 20.8 Å². The third-order valence-electron chi connectivity index (χ3n) is 4.41. The van der Waals surface area contributed by atoms with Crippen molar-refractivity contribution in [3.63, 3.8) is 0 Å². The van der Waals surface area contributed by atoms with Crippen molar-refractivity contribution in [3.8, 4) is 0 Å². The van der Waals surface area contributed by atoms with E-state index < -0.39 is 14.5 Å². The Morgan fingerprint density at radius 2 is 2.23 bits per heavy atom. The third kappa shape index (κ3) is 4.05. The molecule has 2 aliphatic rings. The highest BCUT2D eigenvalue weighted by Gasteiger charge is 2.39. The van der Waals surface area contributed by atoms with Gasteiger partial charge in [0.2, 0.25) is 0 Å². The fourth-order valence-corrected chi connectivity index (χ4v) is 4.03. The van der Waals surface area contributed by atoms with Crippen molar-refractivity contribution in [1.29, 1.82) is 0 Å². The Kier molecular flexibility index (Phi) is 5.28. The van der Waals surface area contributed by atoms with Gasteiger partial charge in [-0.25, -0.2) is 4.79 Å². The number of amides is 2. The first kappa shape index (κ1) is 17.8. The summed E-state index contributed by atoms with van der Waals surface area (Å²) in [6.45, 7) is 11.7. The molecule has 6 nitrogen and oxygen atoms in total. The number of nitrogens with one attached hydrogen (secondary N) is 1. The van der Waals surface area contributed by atoms with Crippen molar-refractivity contribution in [2.75, 3.05) is 12.4 Å². The number of nitrogens with two attached hydrogens (primary N) is 1. The molecule has 1 saturated heterocycles. The van der Waals surface area contributed by atoms with Crippen LogP contribution in [0, 0.1) is 0 Å². The molecule has 126 valence electrons. The summed E-state index contributed by atoms with van der Waals surface area (Å²) in [4.78, 5) is 13.5. The summed E-state index contributed by atoms with van der Waals surface area (Å²) >= 11 is 1.69. The lowest BCUT2D eigenvalue weighted by atomic mass is 10.2. The largest absolute Gasteiger partial charge is 0.413 e. The van der Waals surface area contributed by atoms with Crippen LogP contribution in [-0.2, 0) is 9.16 Å². The summed E-state index contributed by atoms with van der Waals surface area (Å²) in [5.74, 6) is 0.735. The molecule has 2 heterocycles. The normalized spacial score (nSPS) is 29.8. The van der Waals surface area contributed by atoms with Gasteiger partial charge in [-0.1, -0.05) is 20.8 Å². The Bertz CT molecular complexity index is 453. The van der Waals surface area contributed by atoms with E-state index in [4.69, 9.17) is 14.9 Å². The first-order chi connectivity index (χ1) is 10.1. The van der Waals surface area contributed by atoms with Gasteiger partial charge in [-0.15, -0.1) is 11.8 Å².